The fraction of sp³-hybridized carbons (Fsp3) is 0.286. The van der Waals surface area contributed by atoms with Gasteiger partial charge in [0.25, 0.3) is 0 Å². The lowest BCUT2D eigenvalue weighted by atomic mass is 10.3. The molecule has 0 saturated heterocycles. The Bertz CT molecular complexity index is 661. The molecule has 0 radical (unpaired) electrons. The lowest BCUT2D eigenvalue weighted by Crippen LogP contribution is -2.23. The summed E-state index contributed by atoms with van der Waals surface area (Å²) < 4.78 is 26.1. The van der Waals surface area contributed by atoms with E-state index in [-0.39, 0.29) is 4.90 Å². The quantitative estimate of drug-likeness (QED) is 0.862. The van der Waals surface area contributed by atoms with Gasteiger partial charge in [-0.3, -0.25) is 0 Å². The van der Waals surface area contributed by atoms with Crippen molar-refractivity contribution in [1.82, 2.24) is 4.72 Å². The first-order chi connectivity index (χ1) is 9.51. The summed E-state index contributed by atoms with van der Waals surface area (Å²) in [6.07, 6.45) is 0. The summed E-state index contributed by atoms with van der Waals surface area (Å²) in [6, 6.07) is 11.0. The fourth-order valence-electron chi connectivity index (χ4n) is 1.79. The minimum Gasteiger partial charge on any atom is -0.380 e. The maximum atomic E-state index is 11.8. The van der Waals surface area contributed by atoms with Crippen LogP contribution in [-0.4, -0.2) is 15.0 Å². The Labute approximate surface area is 123 Å². The van der Waals surface area contributed by atoms with E-state index in [2.05, 4.69) is 29.1 Å². The molecule has 2 aromatic rings. The maximum Gasteiger partial charge on any atom is 0.240 e. The summed E-state index contributed by atoms with van der Waals surface area (Å²) in [5, 5.41) is 3.28. The van der Waals surface area contributed by atoms with Crippen molar-refractivity contribution in [1.29, 1.82) is 0 Å². The van der Waals surface area contributed by atoms with Crippen LogP contribution in [0.25, 0.3) is 0 Å². The van der Waals surface area contributed by atoms with Gasteiger partial charge in [0.2, 0.25) is 10.0 Å². The second-order valence-corrected chi connectivity index (χ2v) is 7.53. The third-order valence-electron chi connectivity index (χ3n) is 2.76. The number of sulfonamides is 1. The van der Waals surface area contributed by atoms with Crippen LogP contribution in [0.4, 0.5) is 5.69 Å². The summed E-state index contributed by atoms with van der Waals surface area (Å²) in [5.74, 6) is 0. The molecule has 108 valence electrons. The number of benzene rings is 1. The van der Waals surface area contributed by atoms with Crippen molar-refractivity contribution in [2.75, 3.05) is 11.9 Å². The Hall–Kier alpha value is -1.37. The van der Waals surface area contributed by atoms with E-state index >= 15 is 0 Å². The Morgan fingerprint density at radius 1 is 1.10 bits per heavy atom. The largest absolute Gasteiger partial charge is 0.380 e. The van der Waals surface area contributed by atoms with Crippen LogP contribution in [0.5, 0.6) is 0 Å². The van der Waals surface area contributed by atoms with Gasteiger partial charge in [-0.05, 0) is 43.3 Å². The van der Waals surface area contributed by atoms with Gasteiger partial charge in [0.1, 0.15) is 0 Å². The highest BCUT2D eigenvalue weighted by Gasteiger charge is 2.11. The molecular formula is C14H18N2O2S2. The van der Waals surface area contributed by atoms with E-state index in [1.165, 1.54) is 9.75 Å². The molecule has 4 nitrogen and oxygen atoms in total. The molecule has 0 amide bonds. The van der Waals surface area contributed by atoms with Gasteiger partial charge in [0.15, 0.2) is 0 Å². The van der Waals surface area contributed by atoms with E-state index in [1.807, 2.05) is 0 Å². The SMILES string of the molecule is CCNS(=O)(=O)c1ccc(NCc2ccc(C)s2)cc1. The molecule has 0 unspecified atom stereocenters. The summed E-state index contributed by atoms with van der Waals surface area (Å²) in [5.41, 5.74) is 0.909. The van der Waals surface area contributed by atoms with Gasteiger partial charge in [-0.25, -0.2) is 13.1 Å². The third-order valence-corrected chi connectivity index (χ3v) is 5.32. The molecule has 0 aliphatic rings. The highest BCUT2D eigenvalue weighted by Crippen LogP contribution is 2.18. The van der Waals surface area contributed by atoms with Crippen LogP contribution >= 0.6 is 11.3 Å². The Kier molecular flexibility index (Phi) is 4.80. The predicted octanol–water partition coefficient (Wildman–Crippen LogP) is 2.97. The first-order valence-corrected chi connectivity index (χ1v) is 8.70. The van der Waals surface area contributed by atoms with Crippen molar-refractivity contribution in [3.8, 4) is 0 Å². The minimum absolute atomic E-state index is 0.289. The normalized spacial score (nSPS) is 11.5. The summed E-state index contributed by atoms with van der Waals surface area (Å²) >= 11 is 1.75. The van der Waals surface area contributed by atoms with Crippen LogP contribution in [0.1, 0.15) is 16.7 Å². The first kappa shape index (κ1) is 15.0. The molecule has 0 aliphatic heterocycles. The average molecular weight is 310 g/mol. The number of hydrogen-bond donors (Lipinski definition) is 2. The molecule has 1 aromatic heterocycles. The van der Waals surface area contributed by atoms with Gasteiger partial charge >= 0.3 is 0 Å². The van der Waals surface area contributed by atoms with E-state index in [1.54, 1.807) is 42.5 Å². The molecule has 0 aliphatic carbocycles. The van der Waals surface area contributed by atoms with E-state index < -0.39 is 10.0 Å². The van der Waals surface area contributed by atoms with Crippen LogP contribution in [0, 0.1) is 6.92 Å². The number of anilines is 1. The predicted molar refractivity (Wildman–Crippen MR) is 83.7 cm³/mol. The number of thiophene rings is 1. The van der Waals surface area contributed by atoms with Crippen molar-refractivity contribution in [3.63, 3.8) is 0 Å². The number of aryl methyl sites for hydroxylation is 1. The van der Waals surface area contributed by atoms with Crippen molar-refractivity contribution in [2.45, 2.75) is 25.3 Å². The number of rotatable bonds is 6. The summed E-state index contributed by atoms with van der Waals surface area (Å²) in [7, 11) is -3.37. The van der Waals surface area contributed by atoms with Crippen molar-refractivity contribution < 1.29 is 8.42 Å². The second kappa shape index (κ2) is 6.39. The molecule has 6 heteroatoms. The second-order valence-electron chi connectivity index (χ2n) is 4.39. The number of hydrogen-bond acceptors (Lipinski definition) is 4. The Morgan fingerprint density at radius 3 is 2.35 bits per heavy atom. The van der Waals surface area contributed by atoms with Crippen LogP contribution in [0.15, 0.2) is 41.3 Å². The van der Waals surface area contributed by atoms with Gasteiger partial charge < -0.3 is 5.32 Å². The Morgan fingerprint density at radius 2 is 1.80 bits per heavy atom. The molecule has 20 heavy (non-hydrogen) atoms. The highest BCUT2D eigenvalue weighted by atomic mass is 32.2. The zero-order valence-electron chi connectivity index (χ0n) is 11.5. The molecular weight excluding hydrogens is 292 g/mol. The zero-order chi connectivity index (χ0) is 14.6. The van der Waals surface area contributed by atoms with E-state index in [0.29, 0.717) is 6.54 Å². The van der Waals surface area contributed by atoms with Crippen molar-refractivity contribution in [3.05, 3.63) is 46.2 Å². The van der Waals surface area contributed by atoms with Crippen LogP contribution in [0.2, 0.25) is 0 Å². The molecule has 2 rings (SSSR count). The zero-order valence-corrected chi connectivity index (χ0v) is 13.1. The maximum absolute atomic E-state index is 11.8. The average Bonchev–Trinajstić information content (AvgIpc) is 2.83. The lowest BCUT2D eigenvalue weighted by molar-refractivity contribution is 0.584. The smallest absolute Gasteiger partial charge is 0.240 e. The van der Waals surface area contributed by atoms with Crippen LogP contribution in [0.3, 0.4) is 0 Å². The molecule has 0 saturated carbocycles. The molecule has 2 N–H and O–H groups in total. The first-order valence-electron chi connectivity index (χ1n) is 6.40. The van der Waals surface area contributed by atoms with E-state index in [4.69, 9.17) is 0 Å². The van der Waals surface area contributed by atoms with Crippen molar-refractivity contribution in [2.24, 2.45) is 0 Å². The topological polar surface area (TPSA) is 58.2 Å². The molecule has 0 bridgehead atoms. The standard InChI is InChI=1S/C14H18N2O2S2/c1-3-16-20(17,18)14-8-5-12(6-9-14)15-10-13-7-4-11(2)19-13/h4-9,15-16H,3,10H2,1-2H3. The lowest BCUT2D eigenvalue weighted by Gasteiger charge is -2.07. The van der Waals surface area contributed by atoms with Crippen LogP contribution in [-0.2, 0) is 16.6 Å². The third kappa shape index (κ3) is 3.82. The van der Waals surface area contributed by atoms with Gasteiger partial charge in [0, 0.05) is 28.5 Å². The Balaban J connectivity index is 2.01. The van der Waals surface area contributed by atoms with Gasteiger partial charge in [-0.1, -0.05) is 6.92 Å². The fourth-order valence-corrected chi connectivity index (χ4v) is 3.67. The summed E-state index contributed by atoms with van der Waals surface area (Å²) in [6.45, 7) is 4.98. The minimum atomic E-state index is -3.37. The monoisotopic (exact) mass is 310 g/mol. The van der Waals surface area contributed by atoms with Crippen LogP contribution < -0.4 is 10.0 Å². The number of nitrogens with one attached hydrogen (secondary N) is 2. The molecule has 0 atom stereocenters. The van der Waals surface area contributed by atoms with Gasteiger partial charge in [-0.15, -0.1) is 11.3 Å². The highest BCUT2D eigenvalue weighted by molar-refractivity contribution is 7.89. The molecule has 0 spiro atoms. The van der Waals surface area contributed by atoms with E-state index in [9.17, 15) is 8.42 Å². The molecule has 1 aromatic carbocycles. The van der Waals surface area contributed by atoms with Gasteiger partial charge in [-0.2, -0.15) is 0 Å². The molecule has 1 heterocycles. The van der Waals surface area contributed by atoms with E-state index in [0.717, 1.165) is 12.2 Å². The van der Waals surface area contributed by atoms with Gasteiger partial charge in [0.05, 0.1) is 4.90 Å². The summed E-state index contributed by atoms with van der Waals surface area (Å²) in [4.78, 5) is 2.83. The van der Waals surface area contributed by atoms with Crippen molar-refractivity contribution >= 4 is 27.0 Å². The molecule has 0 fully saturated rings.